The number of nitrogens with two attached hydrogens (primary N) is 1. The van der Waals surface area contributed by atoms with Crippen LogP contribution >= 0.6 is 0 Å². The molecule has 24 heavy (non-hydrogen) atoms. The monoisotopic (exact) mass is 332 g/mol. The molecule has 132 valence electrons. The fraction of sp³-hybridized carbons (Fsp3) is 0.706. The summed E-state index contributed by atoms with van der Waals surface area (Å²) in [5.41, 5.74) is 6.88. The van der Waals surface area contributed by atoms with Gasteiger partial charge < -0.3 is 11.1 Å². The SMILES string of the molecule is CC(C)(C)c1cn2c(=O)[nH]nc2c(NCC2CCCC(CN)C2)n1. The predicted molar refractivity (Wildman–Crippen MR) is 95.3 cm³/mol. The lowest BCUT2D eigenvalue weighted by molar-refractivity contribution is 0.281. The second-order valence-corrected chi connectivity index (χ2v) is 7.96. The summed E-state index contributed by atoms with van der Waals surface area (Å²) < 4.78 is 1.54. The number of hydrogen-bond acceptors (Lipinski definition) is 5. The molecule has 2 aromatic rings. The summed E-state index contributed by atoms with van der Waals surface area (Å²) in [6.45, 7) is 7.87. The number of fused-ring (bicyclic) bond motifs is 1. The summed E-state index contributed by atoms with van der Waals surface area (Å²) in [7, 11) is 0. The van der Waals surface area contributed by atoms with Gasteiger partial charge in [0.25, 0.3) is 0 Å². The molecule has 1 aliphatic rings. The highest BCUT2D eigenvalue weighted by Crippen LogP contribution is 2.29. The molecule has 4 N–H and O–H groups in total. The average molecular weight is 332 g/mol. The van der Waals surface area contributed by atoms with Gasteiger partial charge in [-0.3, -0.25) is 0 Å². The third kappa shape index (κ3) is 3.45. The molecule has 1 saturated carbocycles. The molecule has 2 aromatic heterocycles. The van der Waals surface area contributed by atoms with Crippen LogP contribution in [0.1, 0.15) is 52.1 Å². The second kappa shape index (κ2) is 6.55. The highest BCUT2D eigenvalue weighted by Gasteiger charge is 2.23. The maximum absolute atomic E-state index is 12.0. The lowest BCUT2D eigenvalue weighted by atomic mass is 9.81. The third-order valence-electron chi connectivity index (χ3n) is 4.95. The first-order chi connectivity index (χ1) is 11.4. The summed E-state index contributed by atoms with van der Waals surface area (Å²) in [5, 5.41) is 10.1. The van der Waals surface area contributed by atoms with Crippen molar-refractivity contribution < 1.29 is 0 Å². The van der Waals surface area contributed by atoms with E-state index in [4.69, 9.17) is 10.7 Å². The quantitative estimate of drug-likeness (QED) is 0.794. The standard InChI is InChI=1S/C17H28N6O/c1-17(2,3)13-10-23-15(21-22-16(23)24)14(20-13)19-9-12-6-4-5-11(7-12)8-18/h10-12H,4-9,18H2,1-3H3,(H,19,20)(H,22,24). The molecule has 3 rings (SSSR count). The fourth-order valence-corrected chi connectivity index (χ4v) is 3.44. The van der Waals surface area contributed by atoms with Gasteiger partial charge in [0.05, 0.1) is 5.69 Å². The molecule has 0 saturated heterocycles. The summed E-state index contributed by atoms with van der Waals surface area (Å²) in [6.07, 6.45) is 6.63. The van der Waals surface area contributed by atoms with E-state index < -0.39 is 0 Å². The zero-order chi connectivity index (χ0) is 17.3. The van der Waals surface area contributed by atoms with Crippen molar-refractivity contribution in [3.8, 4) is 0 Å². The first-order valence-corrected chi connectivity index (χ1v) is 8.80. The van der Waals surface area contributed by atoms with E-state index >= 15 is 0 Å². The van der Waals surface area contributed by atoms with Crippen molar-refractivity contribution in [1.29, 1.82) is 0 Å². The Morgan fingerprint density at radius 3 is 2.83 bits per heavy atom. The lowest BCUT2D eigenvalue weighted by Gasteiger charge is -2.28. The normalized spacial score (nSPS) is 22.0. The maximum atomic E-state index is 12.0. The molecule has 0 spiro atoms. The smallest absolute Gasteiger partial charge is 0.347 e. The highest BCUT2D eigenvalue weighted by molar-refractivity contribution is 5.62. The molecular weight excluding hydrogens is 304 g/mol. The summed E-state index contributed by atoms with van der Waals surface area (Å²) >= 11 is 0. The molecule has 7 nitrogen and oxygen atoms in total. The summed E-state index contributed by atoms with van der Waals surface area (Å²) in [6, 6.07) is 0. The summed E-state index contributed by atoms with van der Waals surface area (Å²) in [4.78, 5) is 16.7. The van der Waals surface area contributed by atoms with Crippen LogP contribution in [0.4, 0.5) is 5.82 Å². The van der Waals surface area contributed by atoms with E-state index in [1.54, 1.807) is 10.6 Å². The molecule has 7 heteroatoms. The molecule has 0 aliphatic heterocycles. The van der Waals surface area contributed by atoms with Crippen LogP contribution in [0.2, 0.25) is 0 Å². The number of hydrogen-bond donors (Lipinski definition) is 3. The Balaban J connectivity index is 1.84. The minimum absolute atomic E-state index is 0.142. The first kappa shape index (κ1) is 17.0. The molecule has 2 unspecified atom stereocenters. The molecule has 0 amide bonds. The Kier molecular flexibility index (Phi) is 4.62. The van der Waals surface area contributed by atoms with Crippen LogP contribution in [-0.4, -0.2) is 32.7 Å². The van der Waals surface area contributed by atoms with Crippen LogP contribution in [0.3, 0.4) is 0 Å². The molecule has 0 bridgehead atoms. The average Bonchev–Trinajstić information content (AvgIpc) is 2.93. The van der Waals surface area contributed by atoms with Crippen molar-refractivity contribution in [2.24, 2.45) is 17.6 Å². The van der Waals surface area contributed by atoms with Gasteiger partial charge in [0.2, 0.25) is 5.65 Å². The number of aromatic amines is 1. The van der Waals surface area contributed by atoms with Crippen molar-refractivity contribution in [3.63, 3.8) is 0 Å². The number of nitrogens with zero attached hydrogens (tertiary/aromatic N) is 3. The van der Waals surface area contributed by atoms with E-state index in [1.165, 1.54) is 19.3 Å². The van der Waals surface area contributed by atoms with Crippen LogP contribution in [-0.2, 0) is 5.41 Å². The fourth-order valence-electron chi connectivity index (χ4n) is 3.44. The van der Waals surface area contributed by atoms with Crippen LogP contribution in [0.25, 0.3) is 5.65 Å². The Morgan fingerprint density at radius 1 is 1.38 bits per heavy atom. The lowest BCUT2D eigenvalue weighted by Crippen LogP contribution is -2.27. The Bertz CT molecular complexity index is 757. The van der Waals surface area contributed by atoms with Gasteiger partial charge in [-0.15, -0.1) is 5.10 Å². The van der Waals surface area contributed by atoms with Gasteiger partial charge in [-0.2, -0.15) is 0 Å². The van der Waals surface area contributed by atoms with Gasteiger partial charge in [-0.25, -0.2) is 19.3 Å². The van der Waals surface area contributed by atoms with Crippen molar-refractivity contribution in [2.45, 2.75) is 51.9 Å². The number of anilines is 1. The summed E-state index contributed by atoms with van der Waals surface area (Å²) in [5.74, 6) is 1.90. The van der Waals surface area contributed by atoms with Crippen molar-refractivity contribution in [1.82, 2.24) is 19.6 Å². The van der Waals surface area contributed by atoms with Crippen molar-refractivity contribution >= 4 is 11.5 Å². The number of H-pyrrole nitrogens is 1. The molecule has 1 fully saturated rings. The maximum Gasteiger partial charge on any atom is 0.347 e. The number of rotatable bonds is 4. The van der Waals surface area contributed by atoms with Crippen molar-refractivity contribution in [2.75, 3.05) is 18.4 Å². The van der Waals surface area contributed by atoms with E-state index in [-0.39, 0.29) is 11.1 Å². The van der Waals surface area contributed by atoms with E-state index in [1.807, 2.05) is 0 Å². The molecule has 0 radical (unpaired) electrons. The third-order valence-corrected chi connectivity index (χ3v) is 4.95. The van der Waals surface area contributed by atoms with Gasteiger partial charge >= 0.3 is 5.69 Å². The van der Waals surface area contributed by atoms with Gasteiger partial charge in [-0.05, 0) is 37.6 Å². The molecular formula is C17H28N6O. The van der Waals surface area contributed by atoms with E-state index in [0.29, 0.717) is 23.3 Å². The zero-order valence-corrected chi connectivity index (χ0v) is 14.8. The Hall–Kier alpha value is -1.89. The number of nitrogens with one attached hydrogen (secondary N) is 2. The van der Waals surface area contributed by atoms with Gasteiger partial charge in [0.15, 0.2) is 5.82 Å². The van der Waals surface area contributed by atoms with Crippen LogP contribution in [0, 0.1) is 11.8 Å². The van der Waals surface area contributed by atoms with E-state index in [9.17, 15) is 4.79 Å². The Morgan fingerprint density at radius 2 is 2.12 bits per heavy atom. The van der Waals surface area contributed by atoms with Crippen LogP contribution in [0.15, 0.2) is 11.0 Å². The van der Waals surface area contributed by atoms with E-state index in [0.717, 1.165) is 25.2 Å². The van der Waals surface area contributed by atoms with Gasteiger partial charge in [0.1, 0.15) is 0 Å². The predicted octanol–water partition coefficient (Wildman–Crippen LogP) is 1.89. The second-order valence-electron chi connectivity index (χ2n) is 7.96. The molecule has 2 heterocycles. The largest absolute Gasteiger partial charge is 0.367 e. The van der Waals surface area contributed by atoms with Crippen LogP contribution in [0.5, 0.6) is 0 Å². The minimum Gasteiger partial charge on any atom is -0.367 e. The van der Waals surface area contributed by atoms with E-state index in [2.05, 4.69) is 36.3 Å². The first-order valence-electron chi connectivity index (χ1n) is 8.80. The van der Waals surface area contributed by atoms with Gasteiger partial charge in [0, 0.05) is 18.2 Å². The Labute approximate surface area is 142 Å². The topological polar surface area (TPSA) is 101 Å². The van der Waals surface area contributed by atoms with Crippen LogP contribution < -0.4 is 16.7 Å². The number of aromatic nitrogens is 4. The zero-order valence-electron chi connectivity index (χ0n) is 14.8. The van der Waals surface area contributed by atoms with Gasteiger partial charge in [-0.1, -0.05) is 27.2 Å². The minimum atomic E-state index is -0.234. The molecule has 2 atom stereocenters. The van der Waals surface area contributed by atoms with Crippen molar-refractivity contribution in [3.05, 3.63) is 22.4 Å². The molecule has 1 aliphatic carbocycles. The highest BCUT2D eigenvalue weighted by atomic mass is 16.1. The molecule has 0 aromatic carbocycles.